The summed E-state index contributed by atoms with van der Waals surface area (Å²) in [6.45, 7) is 8.48. The highest BCUT2D eigenvalue weighted by atomic mass is 16.5. The van der Waals surface area contributed by atoms with Gasteiger partial charge in [-0.3, -0.25) is 9.36 Å². The number of carbonyl (C=O) groups excluding carboxylic acids is 1. The van der Waals surface area contributed by atoms with Crippen molar-refractivity contribution >= 4 is 11.7 Å². The third-order valence-corrected chi connectivity index (χ3v) is 6.29. The van der Waals surface area contributed by atoms with E-state index in [-0.39, 0.29) is 5.91 Å². The molecule has 178 valence electrons. The summed E-state index contributed by atoms with van der Waals surface area (Å²) in [7, 11) is 0. The second-order valence-electron chi connectivity index (χ2n) is 8.61. The van der Waals surface area contributed by atoms with Crippen LogP contribution in [0.2, 0.25) is 0 Å². The number of benzene rings is 2. The Labute approximate surface area is 204 Å². The minimum Gasteiger partial charge on any atom is -0.457 e. The summed E-state index contributed by atoms with van der Waals surface area (Å²) in [5.41, 5.74) is 2.60. The maximum atomic E-state index is 13.4. The van der Waals surface area contributed by atoms with Gasteiger partial charge in [0.2, 0.25) is 0 Å². The lowest BCUT2D eigenvalue weighted by Crippen LogP contribution is -2.49. The van der Waals surface area contributed by atoms with Crippen LogP contribution in [-0.2, 0) is 0 Å². The molecule has 1 fully saturated rings. The summed E-state index contributed by atoms with van der Waals surface area (Å²) in [6.07, 6.45) is 1.79. The van der Waals surface area contributed by atoms with Crippen LogP contribution in [0.4, 0.5) is 5.82 Å². The Balaban J connectivity index is 1.30. The van der Waals surface area contributed by atoms with E-state index in [2.05, 4.69) is 19.9 Å². The van der Waals surface area contributed by atoms with E-state index in [0.717, 1.165) is 23.0 Å². The van der Waals surface area contributed by atoms with Gasteiger partial charge in [-0.15, -0.1) is 0 Å². The fourth-order valence-electron chi connectivity index (χ4n) is 4.21. The van der Waals surface area contributed by atoms with Crippen LogP contribution in [0, 0.1) is 20.8 Å². The molecule has 1 aliphatic heterocycles. The predicted molar refractivity (Wildman–Crippen MR) is 134 cm³/mol. The number of imidazole rings is 1. The van der Waals surface area contributed by atoms with Crippen LogP contribution < -0.4 is 9.64 Å². The molecule has 8 heteroatoms. The number of hydrogen-bond donors (Lipinski definition) is 0. The Morgan fingerprint density at radius 3 is 2.26 bits per heavy atom. The number of aromatic nitrogens is 4. The lowest BCUT2D eigenvalue weighted by atomic mass is 10.1. The topological polar surface area (TPSA) is 76.4 Å². The molecule has 0 unspecified atom stereocenters. The van der Waals surface area contributed by atoms with E-state index in [1.54, 1.807) is 6.33 Å². The highest BCUT2D eigenvalue weighted by molar-refractivity contribution is 5.97. The molecule has 0 N–H and O–H groups in total. The SMILES string of the molecule is Cc1nc(N2CCN(C(=O)c3ccccc3Oc3ccccc3)CC2)cc(-n2cnc(C)c2C)n1. The van der Waals surface area contributed by atoms with Gasteiger partial charge in [0.25, 0.3) is 5.91 Å². The van der Waals surface area contributed by atoms with E-state index < -0.39 is 0 Å². The minimum atomic E-state index is -0.0275. The Bertz CT molecular complexity index is 1340. The van der Waals surface area contributed by atoms with Crippen molar-refractivity contribution in [1.29, 1.82) is 0 Å². The van der Waals surface area contributed by atoms with Gasteiger partial charge in [0, 0.05) is 37.9 Å². The van der Waals surface area contributed by atoms with Gasteiger partial charge >= 0.3 is 0 Å². The van der Waals surface area contributed by atoms with Gasteiger partial charge in [-0.2, -0.15) is 0 Å². The third kappa shape index (κ3) is 4.73. The number of rotatable bonds is 5. The van der Waals surface area contributed by atoms with Crippen LogP contribution in [0.15, 0.2) is 67.0 Å². The van der Waals surface area contributed by atoms with Gasteiger partial charge in [0.1, 0.15) is 35.3 Å². The zero-order chi connectivity index (χ0) is 24.4. The van der Waals surface area contributed by atoms with Crippen LogP contribution in [0.5, 0.6) is 11.5 Å². The van der Waals surface area contributed by atoms with E-state index in [1.807, 2.05) is 90.9 Å². The summed E-state index contributed by atoms with van der Waals surface area (Å²) < 4.78 is 7.99. The summed E-state index contributed by atoms with van der Waals surface area (Å²) in [4.78, 5) is 31.1. The molecule has 2 aromatic carbocycles. The van der Waals surface area contributed by atoms with E-state index in [0.29, 0.717) is 49.1 Å². The van der Waals surface area contributed by atoms with E-state index in [9.17, 15) is 4.79 Å². The molecule has 0 aliphatic carbocycles. The first-order valence-corrected chi connectivity index (χ1v) is 11.7. The Hall–Kier alpha value is -4.20. The summed E-state index contributed by atoms with van der Waals surface area (Å²) in [5.74, 6) is 3.60. The van der Waals surface area contributed by atoms with Crippen LogP contribution >= 0.6 is 0 Å². The van der Waals surface area contributed by atoms with Crippen LogP contribution in [-0.4, -0.2) is 56.5 Å². The van der Waals surface area contributed by atoms with Gasteiger partial charge in [0.05, 0.1) is 11.3 Å². The number of amides is 1. The maximum Gasteiger partial charge on any atom is 0.257 e. The largest absolute Gasteiger partial charge is 0.457 e. The summed E-state index contributed by atoms with van der Waals surface area (Å²) >= 11 is 0. The van der Waals surface area contributed by atoms with Crippen molar-refractivity contribution in [3.8, 4) is 17.3 Å². The smallest absolute Gasteiger partial charge is 0.257 e. The molecular formula is C27H28N6O2. The molecule has 0 spiro atoms. The van der Waals surface area contributed by atoms with Crippen molar-refractivity contribution in [2.75, 3.05) is 31.1 Å². The van der Waals surface area contributed by atoms with Crippen LogP contribution in [0.3, 0.4) is 0 Å². The zero-order valence-electron chi connectivity index (χ0n) is 20.2. The van der Waals surface area contributed by atoms with Crippen LogP contribution in [0.25, 0.3) is 5.82 Å². The highest BCUT2D eigenvalue weighted by Crippen LogP contribution is 2.27. The second kappa shape index (κ2) is 9.58. The van der Waals surface area contributed by atoms with Crippen LogP contribution in [0.1, 0.15) is 27.6 Å². The summed E-state index contributed by atoms with van der Waals surface area (Å²) in [5, 5.41) is 0. The number of anilines is 1. The first-order chi connectivity index (χ1) is 17.0. The number of carbonyl (C=O) groups is 1. The number of para-hydroxylation sites is 2. The molecule has 4 aromatic rings. The Morgan fingerprint density at radius 1 is 0.857 bits per heavy atom. The molecule has 0 atom stereocenters. The normalized spacial score (nSPS) is 13.7. The molecule has 3 heterocycles. The van der Waals surface area contributed by atoms with Crippen molar-refractivity contribution in [2.45, 2.75) is 20.8 Å². The lowest BCUT2D eigenvalue weighted by Gasteiger charge is -2.35. The molecule has 1 aliphatic rings. The molecular weight excluding hydrogens is 440 g/mol. The monoisotopic (exact) mass is 468 g/mol. The second-order valence-corrected chi connectivity index (χ2v) is 8.61. The van der Waals surface area contributed by atoms with E-state index in [1.165, 1.54) is 0 Å². The molecule has 1 amide bonds. The molecule has 35 heavy (non-hydrogen) atoms. The van der Waals surface area contributed by atoms with Gasteiger partial charge in [-0.05, 0) is 45.0 Å². The average molecular weight is 469 g/mol. The fraction of sp³-hybridized carbons (Fsp3) is 0.259. The maximum absolute atomic E-state index is 13.4. The fourth-order valence-corrected chi connectivity index (χ4v) is 4.21. The average Bonchev–Trinajstić information content (AvgIpc) is 3.22. The first-order valence-electron chi connectivity index (χ1n) is 11.7. The number of aryl methyl sites for hydroxylation is 2. The van der Waals surface area contributed by atoms with Crippen molar-refractivity contribution in [3.63, 3.8) is 0 Å². The first kappa shape index (κ1) is 22.6. The van der Waals surface area contributed by atoms with Gasteiger partial charge in [-0.1, -0.05) is 30.3 Å². The van der Waals surface area contributed by atoms with E-state index >= 15 is 0 Å². The van der Waals surface area contributed by atoms with Crippen molar-refractivity contribution in [3.05, 3.63) is 89.8 Å². The lowest BCUT2D eigenvalue weighted by molar-refractivity contribution is 0.0744. The molecule has 0 radical (unpaired) electrons. The number of nitrogens with zero attached hydrogens (tertiary/aromatic N) is 6. The minimum absolute atomic E-state index is 0.0275. The van der Waals surface area contributed by atoms with Gasteiger partial charge in [-0.25, -0.2) is 15.0 Å². The van der Waals surface area contributed by atoms with Crippen molar-refractivity contribution in [2.24, 2.45) is 0 Å². The third-order valence-electron chi connectivity index (χ3n) is 6.29. The quantitative estimate of drug-likeness (QED) is 0.434. The molecule has 8 nitrogen and oxygen atoms in total. The predicted octanol–water partition coefficient (Wildman–Crippen LogP) is 4.34. The Kier molecular flexibility index (Phi) is 6.18. The standard InChI is InChI=1S/C27H28N6O2/c1-19-20(2)33(18-28-19)26-17-25(29-21(3)30-26)31-13-15-32(16-14-31)27(34)23-11-7-8-12-24(23)35-22-9-5-4-6-10-22/h4-12,17-18H,13-16H2,1-3H3. The molecule has 2 aromatic heterocycles. The number of ether oxygens (including phenoxy) is 1. The molecule has 5 rings (SSSR count). The van der Waals surface area contributed by atoms with Crippen molar-refractivity contribution in [1.82, 2.24) is 24.4 Å². The van der Waals surface area contributed by atoms with Gasteiger partial charge < -0.3 is 14.5 Å². The highest BCUT2D eigenvalue weighted by Gasteiger charge is 2.25. The van der Waals surface area contributed by atoms with Crippen molar-refractivity contribution < 1.29 is 9.53 Å². The Morgan fingerprint density at radius 2 is 1.54 bits per heavy atom. The zero-order valence-corrected chi connectivity index (χ0v) is 20.2. The molecule has 1 saturated heterocycles. The summed E-state index contributed by atoms with van der Waals surface area (Å²) in [6, 6.07) is 18.9. The molecule has 0 bridgehead atoms. The van der Waals surface area contributed by atoms with E-state index in [4.69, 9.17) is 4.74 Å². The molecule has 0 saturated carbocycles. The van der Waals surface area contributed by atoms with Gasteiger partial charge in [0.15, 0.2) is 0 Å². The number of hydrogen-bond acceptors (Lipinski definition) is 6. The number of piperazine rings is 1.